The predicted octanol–water partition coefficient (Wildman–Crippen LogP) is 5.52. The number of halogens is 3. The van der Waals surface area contributed by atoms with Gasteiger partial charge in [-0.25, -0.2) is 8.42 Å². The molecule has 1 aromatic heterocycles. The van der Waals surface area contributed by atoms with Crippen LogP contribution in [-0.4, -0.2) is 81.9 Å². The number of fused-ring (bicyclic) bond motifs is 1. The van der Waals surface area contributed by atoms with Crippen LogP contribution in [0.15, 0.2) is 47.4 Å². The highest BCUT2D eigenvalue weighted by Crippen LogP contribution is 2.41. The van der Waals surface area contributed by atoms with Gasteiger partial charge in [-0.15, -0.1) is 0 Å². The second kappa shape index (κ2) is 12.4. The molecule has 0 unspecified atom stereocenters. The van der Waals surface area contributed by atoms with E-state index < -0.39 is 22.6 Å². The number of benzene rings is 2. The van der Waals surface area contributed by atoms with Crippen LogP contribution in [0, 0.1) is 17.3 Å². The normalized spacial score (nSPS) is 21.4. The lowest BCUT2D eigenvalue weighted by Crippen LogP contribution is -2.68. The number of aromatic nitrogens is 1. The van der Waals surface area contributed by atoms with E-state index in [1.807, 2.05) is 6.07 Å². The Morgan fingerprint density at radius 3 is 2.47 bits per heavy atom. The molecule has 0 atom stereocenters. The molecular weight excluding hydrogens is 605 g/mol. The van der Waals surface area contributed by atoms with Crippen molar-refractivity contribution in [2.45, 2.75) is 62.3 Å². The number of nitrogens with one attached hydrogen (secondary N) is 2. The van der Waals surface area contributed by atoms with Crippen molar-refractivity contribution < 1.29 is 31.1 Å². The quantitative estimate of drug-likeness (QED) is 0.297. The summed E-state index contributed by atoms with van der Waals surface area (Å²) in [6, 6.07) is 12.5. The van der Waals surface area contributed by atoms with Gasteiger partial charge in [-0.05, 0) is 68.9 Å². The fraction of sp³-hybridized carbons (Fsp3) is 0.515. The maximum atomic E-state index is 13.7. The van der Waals surface area contributed by atoms with Gasteiger partial charge in [-0.2, -0.15) is 13.2 Å². The average molecular weight is 645 g/mol. The first kappa shape index (κ1) is 31.6. The lowest BCUT2D eigenvalue weighted by Gasteiger charge is -2.58. The van der Waals surface area contributed by atoms with E-state index in [1.165, 1.54) is 16.7 Å². The van der Waals surface area contributed by atoms with Crippen LogP contribution in [0.1, 0.15) is 38.3 Å². The largest absolute Gasteiger partial charge is 0.492 e. The van der Waals surface area contributed by atoms with Gasteiger partial charge in [0, 0.05) is 54.0 Å². The number of hydrogen-bond acceptors (Lipinski definition) is 7. The summed E-state index contributed by atoms with van der Waals surface area (Å²) in [5.74, 6) is 6.23. The van der Waals surface area contributed by atoms with Gasteiger partial charge in [0.2, 0.25) is 0 Å². The molecule has 2 N–H and O–H groups in total. The van der Waals surface area contributed by atoms with Crippen LogP contribution >= 0.6 is 0 Å². The van der Waals surface area contributed by atoms with Crippen molar-refractivity contribution in [1.82, 2.24) is 9.47 Å². The number of likely N-dealkylation sites (tertiary alicyclic amines) is 1. The maximum Gasteiger partial charge on any atom is 0.406 e. The molecule has 45 heavy (non-hydrogen) atoms. The second-order valence-corrected chi connectivity index (χ2v) is 14.6. The van der Waals surface area contributed by atoms with Crippen molar-refractivity contribution in [3.8, 4) is 17.6 Å². The standard InChI is InChI=1S/C33H39F3N4O4S/c1-3-44-31-17-26(45(2,41)42)13-14-29(31)37-15-5-6-25-16-27-28(7-4-8-30(27)40(25)20-33(34,35)36)38-23-9-11-24(12-10-23)39-18-32(19-39)21-43-22-32/h4,7-8,13-14,16-17,23-24,37-38H,3,9-12,15,18-22H2,1-2H3/t23-,24-. The van der Waals surface area contributed by atoms with Crippen LogP contribution in [0.25, 0.3) is 10.9 Å². The Kier molecular flexibility index (Phi) is 8.71. The Hall–Kier alpha value is -3.40. The number of nitrogens with zero attached hydrogens (tertiary/aromatic N) is 2. The van der Waals surface area contributed by atoms with E-state index in [2.05, 4.69) is 27.4 Å². The molecule has 3 fully saturated rings. The molecule has 2 saturated heterocycles. The van der Waals surface area contributed by atoms with Crippen molar-refractivity contribution in [2.24, 2.45) is 5.41 Å². The van der Waals surface area contributed by atoms with E-state index in [0.717, 1.165) is 63.9 Å². The fourth-order valence-electron chi connectivity index (χ4n) is 6.74. The highest BCUT2D eigenvalue weighted by atomic mass is 32.2. The highest BCUT2D eigenvalue weighted by Gasteiger charge is 2.50. The Morgan fingerprint density at radius 1 is 1.07 bits per heavy atom. The number of sulfone groups is 1. The van der Waals surface area contributed by atoms with Gasteiger partial charge >= 0.3 is 6.18 Å². The molecule has 3 aromatic rings. The fourth-order valence-corrected chi connectivity index (χ4v) is 7.38. The molecule has 2 aromatic carbocycles. The van der Waals surface area contributed by atoms with E-state index in [1.54, 1.807) is 31.2 Å². The van der Waals surface area contributed by atoms with E-state index in [-0.39, 0.29) is 23.2 Å². The Balaban J connectivity index is 1.16. The predicted molar refractivity (Wildman–Crippen MR) is 169 cm³/mol. The zero-order valence-corrected chi connectivity index (χ0v) is 26.4. The molecular formula is C33H39F3N4O4S. The van der Waals surface area contributed by atoms with Gasteiger partial charge in [0.1, 0.15) is 12.3 Å². The van der Waals surface area contributed by atoms with Gasteiger partial charge < -0.3 is 24.7 Å². The second-order valence-electron chi connectivity index (χ2n) is 12.5. The molecule has 2 aliphatic heterocycles. The summed E-state index contributed by atoms with van der Waals surface area (Å²) in [7, 11) is -3.42. The van der Waals surface area contributed by atoms with Crippen molar-refractivity contribution in [3.05, 3.63) is 48.2 Å². The molecule has 0 amide bonds. The van der Waals surface area contributed by atoms with Crippen molar-refractivity contribution >= 4 is 32.1 Å². The SMILES string of the molecule is CCOc1cc(S(C)(=O)=O)ccc1NCC#Cc1cc2c(N[C@H]3CC[C@H](N4CC5(COC5)C4)CC3)cccc2n1CC(F)(F)F. The lowest BCUT2D eigenvalue weighted by molar-refractivity contribution is -0.200. The van der Waals surface area contributed by atoms with Gasteiger partial charge in [0.05, 0.1) is 48.2 Å². The summed E-state index contributed by atoms with van der Waals surface area (Å²) >= 11 is 0. The molecule has 0 bridgehead atoms. The summed E-state index contributed by atoms with van der Waals surface area (Å²) in [6.07, 6.45) is 0.930. The Morgan fingerprint density at radius 2 is 1.82 bits per heavy atom. The average Bonchev–Trinajstić information content (AvgIpc) is 3.27. The van der Waals surface area contributed by atoms with Gasteiger partial charge in [0.15, 0.2) is 9.84 Å². The zero-order chi connectivity index (χ0) is 31.8. The Bertz CT molecular complexity index is 1710. The van der Waals surface area contributed by atoms with Crippen LogP contribution in [0.5, 0.6) is 5.75 Å². The van der Waals surface area contributed by atoms with Crippen LogP contribution in [0.4, 0.5) is 24.5 Å². The van der Waals surface area contributed by atoms with Crippen LogP contribution < -0.4 is 15.4 Å². The minimum Gasteiger partial charge on any atom is -0.492 e. The topological polar surface area (TPSA) is 84.8 Å². The number of rotatable bonds is 9. The maximum absolute atomic E-state index is 13.7. The number of hydrogen-bond donors (Lipinski definition) is 2. The summed E-state index contributed by atoms with van der Waals surface area (Å²) in [5.41, 5.74) is 2.52. The van der Waals surface area contributed by atoms with E-state index in [4.69, 9.17) is 9.47 Å². The number of ether oxygens (including phenoxy) is 2. The number of anilines is 2. The smallest absolute Gasteiger partial charge is 0.406 e. The van der Waals surface area contributed by atoms with Crippen molar-refractivity contribution in [3.63, 3.8) is 0 Å². The van der Waals surface area contributed by atoms with E-state index >= 15 is 0 Å². The first-order chi connectivity index (χ1) is 21.4. The third-order valence-corrected chi connectivity index (χ3v) is 10.1. The van der Waals surface area contributed by atoms with E-state index in [9.17, 15) is 21.6 Å². The Labute approximate surface area is 262 Å². The molecule has 242 valence electrons. The van der Waals surface area contributed by atoms with Crippen molar-refractivity contribution in [1.29, 1.82) is 0 Å². The molecule has 0 radical (unpaired) electrons. The number of alkyl halides is 3. The first-order valence-corrected chi connectivity index (χ1v) is 17.3. The molecule has 3 aliphatic rings. The molecule has 8 nitrogen and oxygen atoms in total. The van der Waals surface area contributed by atoms with Gasteiger partial charge in [0.25, 0.3) is 0 Å². The van der Waals surface area contributed by atoms with Crippen LogP contribution in [-0.2, 0) is 21.1 Å². The minimum absolute atomic E-state index is 0.116. The zero-order valence-electron chi connectivity index (χ0n) is 25.5. The summed E-state index contributed by atoms with van der Waals surface area (Å²) < 4.78 is 77.2. The molecule has 6 rings (SSSR count). The molecule has 1 spiro atoms. The first-order valence-electron chi connectivity index (χ1n) is 15.4. The van der Waals surface area contributed by atoms with Gasteiger partial charge in [-0.3, -0.25) is 4.90 Å². The van der Waals surface area contributed by atoms with E-state index in [0.29, 0.717) is 40.4 Å². The lowest BCUT2D eigenvalue weighted by atomic mass is 9.75. The van der Waals surface area contributed by atoms with Gasteiger partial charge in [-0.1, -0.05) is 12.0 Å². The third-order valence-electron chi connectivity index (χ3n) is 9.01. The molecule has 12 heteroatoms. The third kappa shape index (κ3) is 7.05. The molecule has 1 aliphatic carbocycles. The summed E-state index contributed by atoms with van der Waals surface area (Å²) in [6.45, 7) is 5.12. The molecule has 3 heterocycles. The summed E-state index contributed by atoms with van der Waals surface area (Å²) in [5, 5.41) is 7.44. The minimum atomic E-state index is -4.42. The molecule has 1 saturated carbocycles. The van der Waals surface area contributed by atoms with Crippen molar-refractivity contribution in [2.75, 3.05) is 56.3 Å². The van der Waals surface area contributed by atoms with Crippen LogP contribution in [0.2, 0.25) is 0 Å². The summed E-state index contributed by atoms with van der Waals surface area (Å²) in [4.78, 5) is 2.71. The van der Waals surface area contributed by atoms with Crippen LogP contribution in [0.3, 0.4) is 0 Å². The highest BCUT2D eigenvalue weighted by molar-refractivity contribution is 7.90. The monoisotopic (exact) mass is 644 g/mol.